The first-order valence-corrected chi connectivity index (χ1v) is 10.5. The zero-order chi connectivity index (χ0) is 20.5. The van der Waals surface area contributed by atoms with Crippen molar-refractivity contribution in [3.8, 4) is 11.3 Å². The summed E-state index contributed by atoms with van der Waals surface area (Å²) in [6.07, 6.45) is 0. The normalized spacial score (nSPS) is 14.2. The highest BCUT2D eigenvalue weighted by Gasteiger charge is 2.27. The number of morpholine rings is 1. The van der Waals surface area contributed by atoms with E-state index >= 15 is 0 Å². The molecule has 1 N–H and O–H groups in total. The smallest absolute Gasteiger partial charge is 0.266 e. The van der Waals surface area contributed by atoms with Gasteiger partial charge < -0.3 is 15.0 Å². The molecule has 1 aromatic carbocycles. The number of aryl methyl sites for hydroxylation is 1. The van der Waals surface area contributed by atoms with Crippen LogP contribution in [0.3, 0.4) is 0 Å². The fourth-order valence-corrected chi connectivity index (χ4v) is 4.71. The summed E-state index contributed by atoms with van der Waals surface area (Å²) in [5.74, 6) is -0.325. The number of benzene rings is 1. The summed E-state index contributed by atoms with van der Waals surface area (Å²) in [4.78, 5) is 32.8. The third kappa shape index (κ3) is 3.99. The summed E-state index contributed by atoms with van der Waals surface area (Å²) in [6.45, 7) is 5.51. The van der Waals surface area contributed by atoms with Crippen molar-refractivity contribution in [3.05, 3.63) is 45.8 Å². The first-order chi connectivity index (χ1) is 13.9. The zero-order valence-corrected chi connectivity index (χ0v) is 17.7. The molecule has 6 nitrogen and oxygen atoms in total. The van der Waals surface area contributed by atoms with Gasteiger partial charge in [-0.1, -0.05) is 23.7 Å². The van der Waals surface area contributed by atoms with Crippen molar-refractivity contribution < 1.29 is 14.3 Å². The van der Waals surface area contributed by atoms with Crippen molar-refractivity contribution in [3.63, 3.8) is 0 Å². The SMILES string of the molecule is CC(=O)Nc1c(C(=O)N2CCOCC2)sc2nc(-c3ccc(Cl)cc3)cc(C)c12. The maximum absolute atomic E-state index is 13.2. The van der Waals surface area contributed by atoms with Crippen LogP contribution < -0.4 is 5.32 Å². The van der Waals surface area contributed by atoms with Gasteiger partial charge >= 0.3 is 0 Å². The van der Waals surface area contributed by atoms with Crippen molar-refractivity contribution in [2.24, 2.45) is 0 Å². The third-order valence-corrected chi connectivity index (χ3v) is 6.12. The van der Waals surface area contributed by atoms with E-state index in [1.165, 1.54) is 18.3 Å². The Bertz CT molecular complexity index is 1090. The number of thiophene rings is 1. The molecule has 2 amide bonds. The molecule has 1 aliphatic heterocycles. The molecule has 3 heterocycles. The van der Waals surface area contributed by atoms with Gasteiger partial charge in [0, 0.05) is 36.0 Å². The highest BCUT2D eigenvalue weighted by atomic mass is 35.5. The molecule has 1 fully saturated rings. The predicted molar refractivity (Wildman–Crippen MR) is 116 cm³/mol. The van der Waals surface area contributed by atoms with E-state index < -0.39 is 0 Å². The average molecular weight is 430 g/mol. The number of rotatable bonds is 3. The number of pyridine rings is 1. The summed E-state index contributed by atoms with van der Waals surface area (Å²) in [5, 5.41) is 4.33. The van der Waals surface area contributed by atoms with E-state index in [0.29, 0.717) is 41.9 Å². The Morgan fingerprint density at radius 2 is 1.90 bits per heavy atom. The highest BCUT2D eigenvalue weighted by Crippen LogP contribution is 2.39. The first-order valence-electron chi connectivity index (χ1n) is 9.28. The summed E-state index contributed by atoms with van der Waals surface area (Å²) >= 11 is 7.31. The van der Waals surface area contributed by atoms with Gasteiger partial charge in [0.2, 0.25) is 5.91 Å². The lowest BCUT2D eigenvalue weighted by Gasteiger charge is -2.26. The van der Waals surface area contributed by atoms with Gasteiger partial charge in [-0.15, -0.1) is 11.3 Å². The van der Waals surface area contributed by atoms with Crippen LogP contribution in [0.5, 0.6) is 0 Å². The molecule has 29 heavy (non-hydrogen) atoms. The lowest BCUT2D eigenvalue weighted by molar-refractivity contribution is -0.114. The molecule has 3 aromatic rings. The number of fused-ring (bicyclic) bond motifs is 1. The Balaban J connectivity index is 1.84. The quantitative estimate of drug-likeness (QED) is 0.671. The molecular weight excluding hydrogens is 410 g/mol. The number of hydrogen-bond acceptors (Lipinski definition) is 5. The maximum Gasteiger partial charge on any atom is 0.266 e. The number of ether oxygens (including phenoxy) is 1. The molecule has 1 aliphatic rings. The topological polar surface area (TPSA) is 71.5 Å². The molecule has 0 bridgehead atoms. The number of hydrogen-bond donors (Lipinski definition) is 1. The minimum atomic E-state index is -0.220. The van der Waals surface area contributed by atoms with Crippen LogP contribution in [0.4, 0.5) is 5.69 Å². The van der Waals surface area contributed by atoms with E-state index in [9.17, 15) is 9.59 Å². The number of halogens is 1. The number of carbonyl (C=O) groups is 2. The van der Waals surface area contributed by atoms with Gasteiger partial charge in [-0.25, -0.2) is 4.98 Å². The minimum Gasteiger partial charge on any atom is -0.378 e. The second-order valence-electron chi connectivity index (χ2n) is 6.90. The highest BCUT2D eigenvalue weighted by molar-refractivity contribution is 7.21. The Morgan fingerprint density at radius 1 is 1.21 bits per heavy atom. The Kier molecular flexibility index (Phi) is 5.54. The lowest BCUT2D eigenvalue weighted by Crippen LogP contribution is -2.40. The van der Waals surface area contributed by atoms with Gasteiger partial charge in [0.25, 0.3) is 5.91 Å². The number of nitrogens with one attached hydrogen (secondary N) is 1. The molecule has 4 rings (SSSR count). The van der Waals surface area contributed by atoms with Crippen molar-refractivity contribution in [1.82, 2.24) is 9.88 Å². The van der Waals surface area contributed by atoms with Crippen LogP contribution in [0, 0.1) is 6.92 Å². The predicted octanol–water partition coefficient (Wildman–Crippen LogP) is 4.36. The standard InChI is InChI=1S/C21H20ClN3O3S/c1-12-11-16(14-3-5-15(22)6-4-14)24-20-17(12)18(23-13(2)26)19(29-20)21(27)25-7-9-28-10-8-25/h3-6,11H,7-10H2,1-2H3,(H,23,26). The second kappa shape index (κ2) is 8.10. The summed E-state index contributed by atoms with van der Waals surface area (Å²) in [5.41, 5.74) is 3.23. The molecule has 0 aliphatic carbocycles. The van der Waals surface area contributed by atoms with Crippen molar-refractivity contribution in [1.29, 1.82) is 0 Å². The Hall–Kier alpha value is -2.48. The summed E-state index contributed by atoms with van der Waals surface area (Å²) < 4.78 is 5.35. The third-order valence-electron chi connectivity index (χ3n) is 4.79. The van der Waals surface area contributed by atoms with E-state index in [0.717, 1.165) is 27.0 Å². The number of aromatic nitrogens is 1. The fraction of sp³-hybridized carbons (Fsp3) is 0.286. The molecule has 0 atom stereocenters. The molecule has 0 unspecified atom stereocenters. The number of carbonyl (C=O) groups excluding carboxylic acids is 2. The van der Waals surface area contributed by atoms with E-state index in [2.05, 4.69) is 5.32 Å². The van der Waals surface area contributed by atoms with Crippen molar-refractivity contribution in [2.45, 2.75) is 13.8 Å². The molecule has 1 saturated heterocycles. The summed E-state index contributed by atoms with van der Waals surface area (Å²) in [6, 6.07) is 9.44. The Labute approximate surface area is 177 Å². The Morgan fingerprint density at radius 3 is 2.55 bits per heavy atom. The number of nitrogens with zero attached hydrogens (tertiary/aromatic N) is 2. The zero-order valence-electron chi connectivity index (χ0n) is 16.1. The largest absolute Gasteiger partial charge is 0.378 e. The maximum atomic E-state index is 13.2. The molecule has 150 valence electrons. The second-order valence-corrected chi connectivity index (χ2v) is 8.34. The van der Waals surface area contributed by atoms with Crippen LogP contribution in [-0.4, -0.2) is 48.0 Å². The number of amides is 2. The minimum absolute atomic E-state index is 0.104. The molecule has 0 saturated carbocycles. The molecule has 2 aromatic heterocycles. The molecule has 0 spiro atoms. The molecule has 8 heteroatoms. The van der Waals surface area contributed by atoms with E-state index in [4.69, 9.17) is 21.3 Å². The van der Waals surface area contributed by atoms with E-state index in [1.54, 1.807) is 4.90 Å². The van der Waals surface area contributed by atoms with Crippen LogP contribution in [0.15, 0.2) is 30.3 Å². The van der Waals surface area contributed by atoms with Gasteiger partial charge in [0.15, 0.2) is 0 Å². The average Bonchev–Trinajstić information content (AvgIpc) is 3.06. The van der Waals surface area contributed by atoms with Crippen LogP contribution in [0.25, 0.3) is 21.5 Å². The van der Waals surface area contributed by atoms with Gasteiger partial charge in [-0.2, -0.15) is 0 Å². The van der Waals surface area contributed by atoms with Crippen LogP contribution in [-0.2, 0) is 9.53 Å². The van der Waals surface area contributed by atoms with Crippen molar-refractivity contribution in [2.75, 3.05) is 31.6 Å². The van der Waals surface area contributed by atoms with Gasteiger partial charge in [-0.05, 0) is 30.7 Å². The molecular formula is C21H20ClN3O3S. The van der Waals surface area contributed by atoms with Crippen molar-refractivity contribution >= 4 is 50.7 Å². The van der Waals surface area contributed by atoms with Crippen LogP contribution >= 0.6 is 22.9 Å². The van der Waals surface area contributed by atoms with E-state index in [1.807, 2.05) is 37.3 Å². The van der Waals surface area contributed by atoms with Crippen LogP contribution in [0.1, 0.15) is 22.2 Å². The van der Waals surface area contributed by atoms with Gasteiger partial charge in [0.05, 0.1) is 24.6 Å². The van der Waals surface area contributed by atoms with E-state index in [-0.39, 0.29) is 11.8 Å². The molecule has 0 radical (unpaired) electrons. The fourth-order valence-electron chi connectivity index (χ4n) is 3.41. The van der Waals surface area contributed by atoms with Crippen LogP contribution in [0.2, 0.25) is 5.02 Å². The lowest BCUT2D eigenvalue weighted by atomic mass is 10.1. The summed E-state index contributed by atoms with van der Waals surface area (Å²) in [7, 11) is 0. The van der Waals surface area contributed by atoms with Gasteiger partial charge in [0.1, 0.15) is 9.71 Å². The number of anilines is 1. The monoisotopic (exact) mass is 429 g/mol. The van der Waals surface area contributed by atoms with Gasteiger partial charge in [-0.3, -0.25) is 9.59 Å². The first kappa shape index (κ1) is 19.8.